The molecule has 0 saturated heterocycles. The van der Waals surface area contributed by atoms with Crippen molar-refractivity contribution in [2.45, 2.75) is 407 Å². The van der Waals surface area contributed by atoms with E-state index in [1.54, 1.807) is 0 Å². The van der Waals surface area contributed by atoms with Gasteiger partial charge in [0.25, 0.3) is 0 Å². The molecule has 0 spiro atoms. The molecule has 0 heterocycles. The maximum atomic E-state index is 13.1. The highest BCUT2D eigenvalue weighted by atomic mass is 31.2. The molecule has 0 aromatic rings. The zero-order valence-electron chi connectivity index (χ0n) is 61.3. The summed E-state index contributed by atoms with van der Waals surface area (Å²) in [5, 5.41) is 10.6. The molecule has 0 bridgehead atoms. The van der Waals surface area contributed by atoms with E-state index in [9.17, 15) is 43.2 Å². The molecule has 0 fully saturated rings. The second-order valence-electron chi connectivity index (χ2n) is 28.0. The summed E-state index contributed by atoms with van der Waals surface area (Å²) in [6, 6.07) is 0. The Kier molecular flexibility index (Phi) is 65.5. The first-order valence-electron chi connectivity index (χ1n) is 39.0. The van der Waals surface area contributed by atoms with E-state index in [-0.39, 0.29) is 25.7 Å². The second-order valence-corrected chi connectivity index (χ2v) is 30.9. The van der Waals surface area contributed by atoms with Crippen molar-refractivity contribution in [3.05, 3.63) is 0 Å². The molecule has 558 valence electrons. The fourth-order valence-electron chi connectivity index (χ4n) is 11.5. The van der Waals surface area contributed by atoms with Gasteiger partial charge in [0.2, 0.25) is 0 Å². The summed E-state index contributed by atoms with van der Waals surface area (Å²) in [7, 11) is -9.91. The highest BCUT2D eigenvalue weighted by Gasteiger charge is 2.30. The van der Waals surface area contributed by atoms with Gasteiger partial charge >= 0.3 is 39.5 Å². The van der Waals surface area contributed by atoms with Gasteiger partial charge in [-0.3, -0.25) is 37.3 Å². The molecule has 0 saturated carbocycles. The lowest BCUT2D eigenvalue weighted by atomic mass is 10.0. The largest absolute Gasteiger partial charge is 0.472 e. The van der Waals surface area contributed by atoms with Gasteiger partial charge in [-0.1, -0.05) is 337 Å². The number of hydrogen-bond acceptors (Lipinski definition) is 15. The number of carbonyl (C=O) groups is 4. The average Bonchev–Trinajstić information content (AvgIpc) is 2.25. The minimum Gasteiger partial charge on any atom is -0.462 e. The number of ether oxygens (including phenoxy) is 4. The average molecular weight is 1380 g/mol. The van der Waals surface area contributed by atoms with Crippen LogP contribution in [0.15, 0.2) is 0 Å². The number of esters is 4. The van der Waals surface area contributed by atoms with Crippen LogP contribution in [-0.4, -0.2) is 96.7 Å². The van der Waals surface area contributed by atoms with E-state index in [1.807, 2.05) is 0 Å². The highest BCUT2D eigenvalue weighted by Crippen LogP contribution is 2.45. The molecule has 0 aliphatic rings. The molecule has 0 aromatic heterocycles. The highest BCUT2D eigenvalue weighted by molar-refractivity contribution is 7.47. The summed E-state index contributed by atoms with van der Waals surface area (Å²) in [5.41, 5.74) is 0. The predicted octanol–water partition coefficient (Wildman–Crippen LogP) is 21.9. The van der Waals surface area contributed by atoms with Gasteiger partial charge in [-0.25, -0.2) is 9.13 Å². The van der Waals surface area contributed by atoms with Crippen LogP contribution in [0.3, 0.4) is 0 Å². The number of aliphatic hydroxyl groups is 1. The van der Waals surface area contributed by atoms with Crippen LogP contribution in [-0.2, 0) is 65.4 Å². The monoisotopic (exact) mass is 1380 g/mol. The molecule has 0 amide bonds. The summed E-state index contributed by atoms with van der Waals surface area (Å²) >= 11 is 0. The Hall–Kier alpha value is -1.94. The fraction of sp³-hybridized carbons (Fsp3) is 0.947. The van der Waals surface area contributed by atoms with E-state index in [0.29, 0.717) is 31.6 Å². The van der Waals surface area contributed by atoms with Gasteiger partial charge < -0.3 is 33.8 Å². The van der Waals surface area contributed by atoms with Gasteiger partial charge in [0.1, 0.15) is 19.3 Å². The van der Waals surface area contributed by atoms with Crippen LogP contribution in [0.4, 0.5) is 0 Å². The Balaban J connectivity index is 5.20. The molecule has 19 heteroatoms. The van der Waals surface area contributed by atoms with E-state index < -0.39 is 97.5 Å². The first-order valence-corrected chi connectivity index (χ1v) is 42.0. The van der Waals surface area contributed by atoms with Crippen LogP contribution in [0.2, 0.25) is 0 Å². The Labute approximate surface area is 575 Å². The summed E-state index contributed by atoms with van der Waals surface area (Å²) in [6.45, 7) is 9.46. The maximum absolute atomic E-state index is 13.1. The fourth-order valence-corrected chi connectivity index (χ4v) is 13.1. The lowest BCUT2D eigenvalue weighted by Gasteiger charge is -2.21. The van der Waals surface area contributed by atoms with Crippen LogP contribution in [0.5, 0.6) is 0 Å². The molecule has 3 N–H and O–H groups in total. The minimum absolute atomic E-state index is 0.104. The molecular formula is C75H146O17P2. The summed E-state index contributed by atoms with van der Waals surface area (Å²) < 4.78 is 68.4. The third-order valence-electron chi connectivity index (χ3n) is 17.5. The van der Waals surface area contributed by atoms with Crippen LogP contribution in [0.1, 0.15) is 388 Å². The predicted molar refractivity (Wildman–Crippen MR) is 381 cm³/mol. The van der Waals surface area contributed by atoms with Crippen molar-refractivity contribution in [1.29, 1.82) is 0 Å². The van der Waals surface area contributed by atoms with Crippen LogP contribution in [0.25, 0.3) is 0 Å². The number of hydrogen-bond donors (Lipinski definition) is 3. The summed E-state index contributed by atoms with van der Waals surface area (Å²) in [4.78, 5) is 72.7. The van der Waals surface area contributed by atoms with Gasteiger partial charge in [-0.05, 0) is 37.5 Å². The van der Waals surface area contributed by atoms with Gasteiger partial charge in [0, 0.05) is 25.7 Å². The summed E-state index contributed by atoms with van der Waals surface area (Å²) in [6.07, 6.45) is 54.4. The van der Waals surface area contributed by atoms with E-state index in [1.165, 1.54) is 199 Å². The molecule has 0 rings (SSSR count). The molecule has 0 aliphatic heterocycles. The van der Waals surface area contributed by atoms with E-state index in [2.05, 4.69) is 41.5 Å². The molecule has 0 radical (unpaired) electrons. The first kappa shape index (κ1) is 92.1. The zero-order chi connectivity index (χ0) is 69.3. The van der Waals surface area contributed by atoms with Crippen molar-refractivity contribution in [3.8, 4) is 0 Å². The zero-order valence-corrected chi connectivity index (χ0v) is 63.1. The summed E-state index contributed by atoms with van der Waals surface area (Å²) in [5.74, 6) is -0.723. The first-order chi connectivity index (χ1) is 45.4. The lowest BCUT2D eigenvalue weighted by Crippen LogP contribution is -2.30. The molecule has 2 unspecified atom stereocenters. The van der Waals surface area contributed by atoms with Gasteiger partial charge in [0.15, 0.2) is 12.2 Å². The van der Waals surface area contributed by atoms with Crippen LogP contribution in [0, 0.1) is 11.8 Å². The molecular weight excluding hydrogens is 1230 g/mol. The Bertz CT molecular complexity index is 1820. The van der Waals surface area contributed by atoms with Crippen molar-refractivity contribution < 1.29 is 80.2 Å². The van der Waals surface area contributed by atoms with Crippen molar-refractivity contribution in [2.24, 2.45) is 11.8 Å². The van der Waals surface area contributed by atoms with Gasteiger partial charge in [-0.2, -0.15) is 0 Å². The van der Waals surface area contributed by atoms with E-state index in [4.69, 9.17) is 37.0 Å². The minimum atomic E-state index is -4.96. The van der Waals surface area contributed by atoms with E-state index in [0.717, 1.165) is 102 Å². The standard InChI is InChI=1S/C75H146O17P2/c1-7-9-11-13-15-17-19-21-23-24-25-26-27-28-30-32-34-39-47-53-59-74(79)91-70(63-85-72(77)57-51-45-38-33-31-29-22-20-18-16-14-12-10-8-2)65-89-93(81,82)87-61-69(76)62-88-94(83,84)90-66-71(64-86-73(78)58-52-46-42-41-44-50-56-68(5)6)92-75(80)60-54-48-40-36-35-37-43-49-55-67(3)4/h67-71,76H,7-66H2,1-6H3,(H,81,82)(H,83,84)/t69-,70-,71-/m1/s1. The van der Waals surface area contributed by atoms with Crippen LogP contribution >= 0.6 is 15.6 Å². The molecule has 94 heavy (non-hydrogen) atoms. The molecule has 5 atom stereocenters. The smallest absolute Gasteiger partial charge is 0.462 e. The Morgan fingerprint density at radius 1 is 0.287 bits per heavy atom. The normalized spacial score (nSPS) is 14.0. The number of carbonyl (C=O) groups excluding carboxylic acids is 4. The van der Waals surface area contributed by atoms with Gasteiger partial charge in [0.05, 0.1) is 26.4 Å². The molecule has 0 aromatic carbocycles. The number of phosphoric ester groups is 2. The second kappa shape index (κ2) is 66.9. The lowest BCUT2D eigenvalue weighted by molar-refractivity contribution is -0.161. The maximum Gasteiger partial charge on any atom is 0.472 e. The molecule has 0 aliphatic carbocycles. The number of rotatable bonds is 74. The van der Waals surface area contributed by atoms with Gasteiger partial charge in [-0.15, -0.1) is 0 Å². The topological polar surface area (TPSA) is 237 Å². The third-order valence-corrected chi connectivity index (χ3v) is 19.4. The quantitative estimate of drug-likeness (QED) is 0.0222. The third kappa shape index (κ3) is 68.6. The van der Waals surface area contributed by atoms with Crippen molar-refractivity contribution in [2.75, 3.05) is 39.6 Å². The van der Waals surface area contributed by atoms with Crippen molar-refractivity contribution in [1.82, 2.24) is 0 Å². The van der Waals surface area contributed by atoms with Crippen LogP contribution < -0.4 is 0 Å². The van der Waals surface area contributed by atoms with Crippen molar-refractivity contribution in [3.63, 3.8) is 0 Å². The van der Waals surface area contributed by atoms with Crippen molar-refractivity contribution >= 4 is 39.5 Å². The number of phosphoric acid groups is 2. The number of aliphatic hydroxyl groups excluding tert-OH is 1. The molecule has 17 nitrogen and oxygen atoms in total. The SMILES string of the molecule is CCCCCCCCCCCCCCCCCCCCCCC(=O)O[C@H](COC(=O)CCCCCCCCCCCCCCCC)COP(=O)(O)OC[C@@H](O)COP(=O)(O)OC[C@@H](COC(=O)CCCCCCCCC(C)C)OC(=O)CCCCCCCCCCC(C)C. The Morgan fingerprint density at radius 3 is 0.723 bits per heavy atom. The Morgan fingerprint density at radius 2 is 0.489 bits per heavy atom. The number of unbranched alkanes of at least 4 members (excludes halogenated alkanes) is 44. The van der Waals surface area contributed by atoms with E-state index >= 15 is 0 Å².